The van der Waals surface area contributed by atoms with Crippen LogP contribution in [0.3, 0.4) is 0 Å². The molecule has 3 rings (SSSR count). The van der Waals surface area contributed by atoms with E-state index >= 15 is 0 Å². The van der Waals surface area contributed by atoms with Gasteiger partial charge < -0.3 is 5.32 Å². The first-order valence-electron chi connectivity index (χ1n) is 9.58. The van der Waals surface area contributed by atoms with Crippen LogP contribution in [0.25, 0.3) is 0 Å². The number of nitrogens with zero attached hydrogens (tertiary/aromatic N) is 2. The number of hydrogen-bond donors (Lipinski definition) is 1. The van der Waals surface area contributed by atoms with Crippen molar-refractivity contribution in [2.45, 2.75) is 26.2 Å². The first-order valence-corrected chi connectivity index (χ1v) is 11.2. The Morgan fingerprint density at radius 3 is 2.18 bits per heavy atom. The molecular formula is C19H28ClN3O4S. The molecule has 0 unspecified atom stereocenters. The monoisotopic (exact) mass is 429 g/mol. The summed E-state index contributed by atoms with van der Waals surface area (Å²) in [6, 6.07) is 6.70. The molecule has 28 heavy (non-hydrogen) atoms. The van der Waals surface area contributed by atoms with E-state index in [4.69, 9.17) is 0 Å². The molecule has 1 aromatic rings. The molecular weight excluding hydrogens is 402 g/mol. The van der Waals surface area contributed by atoms with Gasteiger partial charge in [-0.3, -0.25) is 14.5 Å². The van der Waals surface area contributed by atoms with Gasteiger partial charge in [0.05, 0.1) is 16.9 Å². The Morgan fingerprint density at radius 1 is 1.07 bits per heavy atom. The zero-order valence-corrected chi connectivity index (χ0v) is 17.7. The molecule has 1 aromatic carbocycles. The third kappa shape index (κ3) is 4.92. The number of halogens is 1. The first kappa shape index (κ1) is 22.8. The largest absolute Gasteiger partial charge is 0.317 e. The second-order valence-electron chi connectivity index (χ2n) is 7.13. The Labute approximate surface area is 172 Å². The van der Waals surface area contributed by atoms with Gasteiger partial charge in [0.15, 0.2) is 0 Å². The van der Waals surface area contributed by atoms with Crippen molar-refractivity contribution in [1.82, 2.24) is 14.5 Å². The van der Waals surface area contributed by atoms with Crippen molar-refractivity contribution in [3.05, 3.63) is 35.4 Å². The Balaban J connectivity index is 0.00000280. The molecule has 156 valence electrons. The van der Waals surface area contributed by atoms with Gasteiger partial charge in [-0.15, -0.1) is 12.4 Å². The summed E-state index contributed by atoms with van der Waals surface area (Å²) in [6.45, 7) is 5.15. The average Bonchev–Trinajstić information content (AvgIpc) is 2.92. The number of amides is 2. The van der Waals surface area contributed by atoms with Gasteiger partial charge in [0.25, 0.3) is 11.8 Å². The molecule has 7 nitrogen and oxygen atoms in total. The summed E-state index contributed by atoms with van der Waals surface area (Å²) in [6.07, 6.45) is 1.99. The van der Waals surface area contributed by atoms with Gasteiger partial charge in [-0.25, -0.2) is 12.7 Å². The molecule has 9 heteroatoms. The zero-order valence-electron chi connectivity index (χ0n) is 16.1. The highest BCUT2D eigenvalue weighted by molar-refractivity contribution is 7.89. The van der Waals surface area contributed by atoms with Gasteiger partial charge in [-0.05, 0) is 50.4 Å². The minimum atomic E-state index is -3.36. The number of hydrogen-bond acceptors (Lipinski definition) is 5. The summed E-state index contributed by atoms with van der Waals surface area (Å²) in [7, 11) is -3.36. The maximum absolute atomic E-state index is 12.6. The Bertz CT molecular complexity index is 772. The minimum absolute atomic E-state index is 0. The Morgan fingerprint density at radius 2 is 1.64 bits per heavy atom. The molecule has 2 heterocycles. The minimum Gasteiger partial charge on any atom is -0.317 e. The van der Waals surface area contributed by atoms with E-state index in [-0.39, 0.29) is 42.9 Å². The van der Waals surface area contributed by atoms with E-state index in [0.29, 0.717) is 30.1 Å². The number of piperidine rings is 1. The van der Waals surface area contributed by atoms with Crippen LogP contribution in [0.2, 0.25) is 0 Å². The SMILES string of the molecule is CCNCC1CCN(S(=O)(=O)CCCN2C(=O)c3ccccc3C2=O)CC1.Cl. The number of carbonyl (C=O) groups excluding carboxylic acids is 2. The second kappa shape index (κ2) is 9.82. The molecule has 2 aliphatic rings. The summed E-state index contributed by atoms with van der Waals surface area (Å²) in [4.78, 5) is 25.8. The third-order valence-corrected chi connectivity index (χ3v) is 7.27. The summed E-state index contributed by atoms with van der Waals surface area (Å²) in [5.74, 6) is -0.192. The maximum Gasteiger partial charge on any atom is 0.261 e. The van der Waals surface area contributed by atoms with Gasteiger partial charge in [-0.1, -0.05) is 19.1 Å². The number of imide groups is 1. The average molecular weight is 430 g/mol. The van der Waals surface area contributed by atoms with Crippen LogP contribution in [0.5, 0.6) is 0 Å². The lowest BCUT2D eigenvalue weighted by Gasteiger charge is -2.31. The topological polar surface area (TPSA) is 86.8 Å². The number of rotatable bonds is 8. The normalized spacial score (nSPS) is 18.2. The molecule has 1 saturated heterocycles. The molecule has 0 aromatic heterocycles. The van der Waals surface area contributed by atoms with Gasteiger partial charge in [0.1, 0.15) is 0 Å². The fraction of sp³-hybridized carbons (Fsp3) is 0.579. The molecule has 0 radical (unpaired) electrons. The molecule has 0 aliphatic carbocycles. The Kier molecular flexibility index (Phi) is 8.00. The van der Waals surface area contributed by atoms with Crippen molar-refractivity contribution < 1.29 is 18.0 Å². The van der Waals surface area contributed by atoms with E-state index in [2.05, 4.69) is 12.2 Å². The second-order valence-corrected chi connectivity index (χ2v) is 9.22. The predicted molar refractivity (Wildman–Crippen MR) is 110 cm³/mol. The summed E-state index contributed by atoms with van der Waals surface area (Å²) in [5, 5.41) is 3.32. The number of sulfonamides is 1. The summed E-state index contributed by atoms with van der Waals surface area (Å²) >= 11 is 0. The number of benzene rings is 1. The third-order valence-electron chi connectivity index (χ3n) is 5.31. The van der Waals surface area contributed by atoms with Crippen molar-refractivity contribution in [3.63, 3.8) is 0 Å². The molecule has 0 spiro atoms. The lowest BCUT2D eigenvalue weighted by atomic mass is 9.98. The van der Waals surface area contributed by atoms with Crippen LogP contribution < -0.4 is 5.32 Å². The standard InChI is InChI=1S/C19H27N3O4S.ClH/c1-2-20-14-15-8-11-21(12-9-15)27(25,26)13-5-10-22-18(23)16-6-3-4-7-17(16)19(22)24;/h3-4,6-7,15,20H,2,5,8-14H2,1H3;1H. The van der Waals surface area contributed by atoms with Crippen LogP contribution in [0, 0.1) is 5.92 Å². The van der Waals surface area contributed by atoms with Crippen molar-refractivity contribution in [3.8, 4) is 0 Å². The van der Waals surface area contributed by atoms with Gasteiger partial charge in [0, 0.05) is 19.6 Å². The van der Waals surface area contributed by atoms with E-state index in [1.807, 2.05) is 0 Å². The lowest BCUT2D eigenvalue weighted by Crippen LogP contribution is -2.42. The van der Waals surface area contributed by atoms with E-state index in [9.17, 15) is 18.0 Å². The van der Waals surface area contributed by atoms with Gasteiger partial charge >= 0.3 is 0 Å². The van der Waals surface area contributed by atoms with Crippen LogP contribution in [0.4, 0.5) is 0 Å². The van der Waals surface area contributed by atoms with E-state index in [0.717, 1.165) is 30.8 Å². The molecule has 0 saturated carbocycles. The number of carbonyl (C=O) groups is 2. The molecule has 1 N–H and O–H groups in total. The molecule has 0 bridgehead atoms. The van der Waals surface area contributed by atoms with E-state index in [1.54, 1.807) is 28.6 Å². The van der Waals surface area contributed by atoms with Crippen LogP contribution in [0.1, 0.15) is 46.9 Å². The highest BCUT2D eigenvalue weighted by Crippen LogP contribution is 2.23. The van der Waals surface area contributed by atoms with Crippen molar-refractivity contribution >= 4 is 34.2 Å². The number of nitrogens with one attached hydrogen (secondary N) is 1. The quantitative estimate of drug-likeness (QED) is 0.636. The predicted octanol–water partition coefficient (Wildman–Crippen LogP) is 1.75. The molecule has 2 aliphatic heterocycles. The molecule has 1 fully saturated rings. The van der Waals surface area contributed by atoms with Gasteiger partial charge in [0.2, 0.25) is 10.0 Å². The first-order chi connectivity index (χ1) is 12.9. The van der Waals surface area contributed by atoms with Crippen LogP contribution >= 0.6 is 12.4 Å². The molecule has 0 atom stereocenters. The van der Waals surface area contributed by atoms with E-state index in [1.165, 1.54) is 0 Å². The highest BCUT2D eigenvalue weighted by atomic mass is 35.5. The van der Waals surface area contributed by atoms with Crippen molar-refractivity contribution in [2.24, 2.45) is 5.92 Å². The molecule has 2 amide bonds. The van der Waals surface area contributed by atoms with Crippen LogP contribution in [0.15, 0.2) is 24.3 Å². The highest BCUT2D eigenvalue weighted by Gasteiger charge is 2.35. The number of fused-ring (bicyclic) bond motifs is 1. The van der Waals surface area contributed by atoms with Crippen LogP contribution in [-0.2, 0) is 10.0 Å². The van der Waals surface area contributed by atoms with Crippen molar-refractivity contribution in [2.75, 3.05) is 38.5 Å². The fourth-order valence-corrected chi connectivity index (χ4v) is 5.24. The van der Waals surface area contributed by atoms with Crippen molar-refractivity contribution in [1.29, 1.82) is 0 Å². The van der Waals surface area contributed by atoms with E-state index < -0.39 is 10.0 Å². The Hall–Kier alpha value is -1.48. The fourth-order valence-electron chi connectivity index (χ4n) is 3.72. The maximum atomic E-state index is 12.6. The zero-order chi connectivity index (χ0) is 19.4. The smallest absolute Gasteiger partial charge is 0.261 e. The lowest BCUT2D eigenvalue weighted by molar-refractivity contribution is 0.0654. The van der Waals surface area contributed by atoms with Gasteiger partial charge in [-0.2, -0.15) is 0 Å². The summed E-state index contributed by atoms with van der Waals surface area (Å²) < 4.78 is 26.7. The van der Waals surface area contributed by atoms with Crippen LogP contribution in [-0.4, -0.2) is 67.9 Å². The summed E-state index contributed by atoms with van der Waals surface area (Å²) in [5.41, 5.74) is 0.793.